The van der Waals surface area contributed by atoms with Crippen LogP contribution in [0, 0.1) is 13.8 Å². The van der Waals surface area contributed by atoms with Gasteiger partial charge in [-0.2, -0.15) is 0 Å². The number of benzene rings is 2. The fraction of sp³-hybridized carbons (Fsp3) is 0.0909. The summed E-state index contributed by atoms with van der Waals surface area (Å²) in [5.41, 5.74) is 4.11. The maximum atomic E-state index is 10.9. The summed E-state index contributed by atoms with van der Waals surface area (Å²) in [5.74, 6) is -1.83. The molecule has 2 aromatic heterocycles. The number of carbonyl (C=O) groups is 2. The predicted octanol–water partition coefficient (Wildman–Crippen LogP) is 4.48. The highest BCUT2D eigenvalue weighted by Crippen LogP contribution is 2.20. The predicted molar refractivity (Wildman–Crippen MR) is 107 cm³/mol. The van der Waals surface area contributed by atoms with E-state index in [0.717, 1.165) is 22.2 Å². The standard InChI is InChI=1S/2C11H9NO2/c2*1-7-3-2-4-8-9(11(13)14)5-6-12-10(7)8/h2*2-6H,1H3,(H,13,14). The molecule has 0 spiro atoms. The van der Waals surface area contributed by atoms with Gasteiger partial charge in [-0.25, -0.2) is 9.59 Å². The number of para-hydroxylation sites is 2. The maximum absolute atomic E-state index is 10.9. The molecule has 0 aliphatic carbocycles. The van der Waals surface area contributed by atoms with Gasteiger partial charge in [0.25, 0.3) is 0 Å². The van der Waals surface area contributed by atoms with Crippen LogP contribution in [-0.2, 0) is 0 Å². The number of carboxylic acids is 2. The first-order chi connectivity index (χ1) is 13.4. The van der Waals surface area contributed by atoms with Crippen molar-refractivity contribution in [1.29, 1.82) is 0 Å². The number of carboxylic acid groups (broad SMARTS) is 2. The van der Waals surface area contributed by atoms with Gasteiger partial charge in [-0.15, -0.1) is 0 Å². The normalized spacial score (nSPS) is 10.4. The summed E-state index contributed by atoms with van der Waals surface area (Å²) in [6.07, 6.45) is 3.05. The molecule has 0 saturated heterocycles. The third-order valence-electron chi connectivity index (χ3n) is 4.41. The van der Waals surface area contributed by atoms with Crippen molar-refractivity contribution >= 4 is 33.7 Å². The van der Waals surface area contributed by atoms with Crippen LogP contribution in [0.4, 0.5) is 0 Å². The Bertz CT molecular complexity index is 1110. The van der Waals surface area contributed by atoms with Gasteiger partial charge in [-0.05, 0) is 37.1 Å². The third kappa shape index (κ3) is 3.66. The van der Waals surface area contributed by atoms with E-state index in [0.29, 0.717) is 21.9 Å². The number of aryl methyl sites for hydroxylation is 2. The molecule has 6 nitrogen and oxygen atoms in total. The van der Waals surface area contributed by atoms with Crippen molar-refractivity contribution in [1.82, 2.24) is 9.97 Å². The van der Waals surface area contributed by atoms with Gasteiger partial charge < -0.3 is 10.2 Å². The number of rotatable bonds is 2. The van der Waals surface area contributed by atoms with Crippen LogP contribution in [-0.4, -0.2) is 32.1 Å². The first-order valence-electron chi connectivity index (χ1n) is 8.55. The molecule has 0 fully saturated rings. The van der Waals surface area contributed by atoms with Crippen LogP contribution in [0.15, 0.2) is 60.9 Å². The molecule has 0 atom stereocenters. The molecule has 0 saturated carbocycles. The lowest BCUT2D eigenvalue weighted by atomic mass is 10.1. The SMILES string of the molecule is Cc1cccc2c(C(=O)O)ccnc12.Cc1cccc2c(C(=O)O)ccnc12. The van der Waals surface area contributed by atoms with Crippen molar-refractivity contribution < 1.29 is 19.8 Å². The van der Waals surface area contributed by atoms with Gasteiger partial charge in [0.1, 0.15) is 0 Å². The second-order valence-corrected chi connectivity index (χ2v) is 6.27. The van der Waals surface area contributed by atoms with Gasteiger partial charge in [0, 0.05) is 23.2 Å². The number of hydrogen-bond acceptors (Lipinski definition) is 4. The van der Waals surface area contributed by atoms with Gasteiger partial charge in [-0.1, -0.05) is 36.4 Å². The van der Waals surface area contributed by atoms with Crippen LogP contribution in [0.2, 0.25) is 0 Å². The molecule has 0 aliphatic rings. The average molecular weight is 374 g/mol. The van der Waals surface area contributed by atoms with Crippen molar-refractivity contribution in [3.63, 3.8) is 0 Å². The van der Waals surface area contributed by atoms with E-state index in [1.54, 1.807) is 12.1 Å². The highest BCUT2D eigenvalue weighted by Gasteiger charge is 2.09. The first-order valence-corrected chi connectivity index (χ1v) is 8.55. The van der Waals surface area contributed by atoms with Crippen molar-refractivity contribution in [2.24, 2.45) is 0 Å². The number of pyridine rings is 2. The molecule has 0 radical (unpaired) electrons. The Hall–Kier alpha value is -3.80. The zero-order chi connectivity index (χ0) is 20.3. The van der Waals surface area contributed by atoms with E-state index in [2.05, 4.69) is 9.97 Å². The second-order valence-electron chi connectivity index (χ2n) is 6.27. The Morgan fingerprint density at radius 1 is 0.679 bits per heavy atom. The van der Waals surface area contributed by atoms with Crippen LogP contribution < -0.4 is 0 Å². The smallest absolute Gasteiger partial charge is 0.336 e. The lowest BCUT2D eigenvalue weighted by Gasteiger charge is -2.03. The summed E-state index contributed by atoms with van der Waals surface area (Å²) >= 11 is 0. The Labute approximate surface area is 161 Å². The summed E-state index contributed by atoms with van der Waals surface area (Å²) in [5, 5.41) is 19.3. The van der Waals surface area contributed by atoms with Gasteiger partial charge in [0.2, 0.25) is 0 Å². The van der Waals surface area contributed by atoms with E-state index in [1.165, 1.54) is 24.5 Å². The van der Waals surface area contributed by atoms with Crippen molar-refractivity contribution in [2.45, 2.75) is 13.8 Å². The van der Waals surface area contributed by atoms with E-state index in [1.807, 2.05) is 38.1 Å². The summed E-state index contributed by atoms with van der Waals surface area (Å²) in [4.78, 5) is 30.1. The van der Waals surface area contributed by atoms with Crippen molar-refractivity contribution in [3.8, 4) is 0 Å². The molecule has 2 aromatic carbocycles. The van der Waals surface area contributed by atoms with Crippen LogP contribution >= 0.6 is 0 Å². The lowest BCUT2D eigenvalue weighted by molar-refractivity contribution is 0.0688. The molecule has 4 rings (SSSR count). The molecule has 2 N–H and O–H groups in total. The minimum Gasteiger partial charge on any atom is -0.478 e. The Morgan fingerprint density at radius 2 is 1.07 bits per heavy atom. The highest BCUT2D eigenvalue weighted by atomic mass is 16.4. The topological polar surface area (TPSA) is 100 Å². The molecule has 140 valence electrons. The van der Waals surface area contributed by atoms with Gasteiger partial charge in [-0.3, -0.25) is 9.97 Å². The zero-order valence-corrected chi connectivity index (χ0v) is 15.4. The first kappa shape index (κ1) is 19.0. The van der Waals surface area contributed by atoms with E-state index in [-0.39, 0.29) is 0 Å². The van der Waals surface area contributed by atoms with Gasteiger partial charge in [0.15, 0.2) is 0 Å². The summed E-state index contributed by atoms with van der Waals surface area (Å²) in [6, 6.07) is 14.1. The monoisotopic (exact) mass is 374 g/mol. The van der Waals surface area contributed by atoms with Crippen molar-refractivity contribution in [3.05, 3.63) is 83.2 Å². The molecule has 0 amide bonds. The summed E-state index contributed by atoms with van der Waals surface area (Å²) < 4.78 is 0. The fourth-order valence-electron chi connectivity index (χ4n) is 3.02. The number of nitrogens with zero attached hydrogens (tertiary/aromatic N) is 2. The maximum Gasteiger partial charge on any atom is 0.336 e. The van der Waals surface area contributed by atoms with E-state index < -0.39 is 11.9 Å². The quantitative estimate of drug-likeness (QED) is 0.536. The zero-order valence-electron chi connectivity index (χ0n) is 15.4. The van der Waals surface area contributed by atoms with E-state index in [9.17, 15) is 9.59 Å². The summed E-state index contributed by atoms with van der Waals surface area (Å²) in [6.45, 7) is 3.84. The second kappa shape index (κ2) is 7.84. The molecular formula is C22H18N2O4. The Kier molecular flexibility index (Phi) is 5.31. The number of fused-ring (bicyclic) bond motifs is 2. The van der Waals surface area contributed by atoms with Crippen LogP contribution in [0.25, 0.3) is 21.8 Å². The molecule has 28 heavy (non-hydrogen) atoms. The van der Waals surface area contributed by atoms with E-state index >= 15 is 0 Å². The van der Waals surface area contributed by atoms with Crippen LogP contribution in [0.5, 0.6) is 0 Å². The summed E-state index contributed by atoms with van der Waals surface area (Å²) in [7, 11) is 0. The number of aromatic nitrogens is 2. The molecule has 0 bridgehead atoms. The molecule has 0 aliphatic heterocycles. The molecule has 0 unspecified atom stereocenters. The number of aromatic carboxylic acids is 2. The molecule has 2 heterocycles. The van der Waals surface area contributed by atoms with Gasteiger partial charge in [0.05, 0.1) is 22.2 Å². The minimum absolute atomic E-state index is 0.304. The Morgan fingerprint density at radius 3 is 1.43 bits per heavy atom. The van der Waals surface area contributed by atoms with Crippen molar-refractivity contribution in [2.75, 3.05) is 0 Å². The average Bonchev–Trinajstić information content (AvgIpc) is 2.68. The van der Waals surface area contributed by atoms with Crippen LogP contribution in [0.1, 0.15) is 31.8 Å². The minimum atomic E-state index is -0.914. The lowest BCUT2D eigenvalue weighted by Crippen LogP contribution is -1.98. The highest BCUT2D eigenvalue weighted by molar-refractivity contribution is 6.03. The third-order valence-corrected chi connectivity index (χ3v) is 4.41. The molecular weight excluding hydrogens is 356 g/mol. The van der Waals surface area contributed by atoms with Crippen LogP contribution in [0.3, 0.4) is 0 Å². The van der Waals surface area contributed by atoms with Gasteiger partial charge >= 0.3 is 11.9 Å². The molecule has 6 heteroatoms. The Balaban J connectivity index is 0.000000161. The van der Waals surface area contributed by atoms with E-state index in [4.69, 9.17) is 10.2 Å². The largest absolute Gasteiger partial charge is 0.478 e. The number of hydrogen-bond donors (Lipinski definition) is 2. The molecule has 4 aromatic rings. The fourth-order valence-corrected chi connectivity index (χ4v) is 3.02.